The topological polar surface area (TPSA) is 0 Å². The van der Waals surface area contributed by atoms with E-state index in [-0.39, 0.29) is 58.8 Å². The van der Waals surface area contributed by atoms with Crippen molar-refractivity contribution in [2.75, 3.05) is 0 Å². The van der Waals surface area contributed by atoms with Gasteiger partial charge in [0, 0.05) is 0 Å². The van der Waals surface area contributed by atoms with Crippen LogP contribution in [0.4, 0.5) is 0 Å². The van der Waals surface area contributed by atoms with Crippen LogP contribution in [-0.4, -0.2) is 0 Å². The van der Waals surface area contributed by atoms with Crippen molar-refractivity contribution < 1.29 is 51.4 Å². The molecule has 0 radical (unpaired) electrons. The quantitative estimate of drug-likeness (QED) is 0.500. The normalized spacial score (nSPS) is 20.7. The molecule has 0 saturated carbocycles. The zero-order chi connectivity index (χ0) is 16.2. The Balaban J connectivity index is 0.00000156. The van der Waals surface area contributed by atoms with Crippen molar-refractivity contribution in [1.29, 1.82) is 0 Å². The van der Waals surface area contributed by atoms with Crippen LogP contribution in [0, 0.1) is 31.2 Å². The third-order valence-corrected chi connectivity index (χ3v) is 5.61. The molecule has 1 heteroatoms. The average Bonchev–Trinajstić information content (AvgIpc) is 2.58. The Kier molecular flexibility index (Phi) is 10.1. The van der Waals surface area contributed by atoms with Gasteiger partial charge in [0.1, 0.15) is 0 Å². The van der Waals surface area contributed by atoms with Gasteiger partial charge in [0.05, 0.1) is 0 Å². The maximum absolute atomic E-state index is 3.43. The first-order chi connectivity index (χ1) is 11.1. The molecule has 2 aromatic rings. The molecule has 2 aromatic carbocycles. The van der Waals surface area contributed by atoms with Gasteiger partial charge < -0.3 is 7.43 Å². The molecule has 0 aromatic heterocycles. The molecule has 1 aliphatic rings. The van der Waals surface area contributed by atoms with Crippen LogP contribution in [0.2, 0.25) is 0 Å². The van der Waals surface area contributed by atoms with Crippen LogP contribution in [-0.2, 0) is 12.8 Å². The predicted octanol–water partition coefficient (Wildman–Crippen LogP) is 3.47. The Hall–Kier alpha value is -0.0536. The molecule has 0 fully saturated rings. The summed E-state index contributed by atoms with van der Waals surface area (Å²) in [5.41, 5.74) is 5.51. The molecule has 0 amide bonds. The van der Waals surface area contributed by atoms with Crippen molar-refractivity contribution in [3.63, 3.8) is 0 Å². The Morgan fingerprint density at radius 1 is 0.960 bits per heavy atom. The van der Waals surface area contributed by atoms with Gasteiger partial charge in [-0.1, -0.05) is 45.7 Å². The average molecular weight is 359 g/mol. The van der Waals surface area contributed by atoms with Crippen LogP contribution in [0.15, 0.2) is 42.5 Å². The number of aryl methyl sites for hydroxylation is 2. The Morgan fingerprint density at radius 2 is 1.68 bits per heavy atom. The summed E-state index contributed by atoms with van der Waals surface area (Å²) in [6.07, 6.45) is 6.30. The SMILES string of the molecule is C[C-]1c2[c-]ccc(c2)CCC(C)C(C)CCCc2cccc1c2.[CH3-].[K+]. The Bertz CT molecular complexity index is 646. The minimum atomic E-state index is 0. The molecule has 4 bridgehead atoms. The van der Waals surface area contributed by atoms with Gasteiger partial charge in [-0.3, -0.25) is 0 Å². The molecule has 0 N–H and O–H groups in total. The van der Waals surface area contributed by atoms with E-state index >= 15 is 0 Å². The number of hydrogen-bond acceptors (Lipinski definition) is 0. The fourth-order valence-electron chi connectivity index (χ4n) is 3.59. The van der Waals surface area contributed by atoms with Gasteiger partial charge >= 0.3 is 51.4 Å². The number of benzene rings is 2. The first-order valence-corrected chi connectivity index (χ1v) is 9.07. The van der Waals surface area contributed by atoms with Crippen LogP contribution >= 0.6 is 0 Å². The summed E-state index contributed by atoms with van der Waals surface area (Å²) in [7, 11) is 0. The predicted molar refractivity (Wildman–Crippen MR) is 105 cm³/mol. The van der Waals surface area contributed by atoms with Crippen LogP contribution in [0.1, 0.15) is 62.3 Å². The molecular formula is C24H31K-2. The molecule has 2 atom stereocenters. The summed E-state index contributed by atoms with van der Waals surface area (Å²) in [6.45, 7) is 7.07. The van der Waals surface area contributed by atoms with Gasteiger partial charge in [-0.05, 0) is 31.1 Å². The second-order valence-corrected chi connectivity index (χ2v) is 7.32. The minimum Gasteiger partial charge on any atom is -0.358 e. The van der Waals surface area contributed by atoms with Crippen LogP contribution < -0.4 is 51.4 Å². The van der Waals surface area contributed by atoms with Crippen LogP contribution in [0.3, 0.4) is 0 Å². The van der Waals surface area contributed by atoms with E-state index in [1.165, 1.54) is 60.3 Å². The monoisotopic (exact) mass is 358 g/mol. The van der Waals surface area contributed by atoms with E-state index in [0.29, 0.717) is 0 Å². The first kappa shape index (κ1) is 23.0. The van der Waals surface area contributed by atoms with Gasteiger partial charge in [-0.25, -0.2) is 17.2 Å². The molecule has 2 unspecified atom stereocenters. The van der Waals surface area contributed by atoms with Gasteiger partial charge in [-0.15, -0.1) is 23.3 Å². The van der Waals surface area contributed by atoms with Crippen molar-refractivity contribution in [3.8, 4) is 0 Å². The summed E-state index contributed by atoms with van der Waals surface area (Å²) in [4.78, 5) is 0. The molecule has 0 nitrogen and oxygen atoms in total. The van der Waals surface area contributed by atoms with E-state index in [1.54, 1.807) is 0 Å². The van der Waals surface area contributed by atoms with E-state index in [4.69, 9.17) is 0 Å². The fourth-order valence-corrected chi connectivity index (χ4v) is 3.59. The van der Waals surface area contributed by atoms with Crippen LogP contribution in [0.5, 0.6) is 0 Å². The molecule has 130 valence electrons. The zero-order valence-corrected chi connectivity index (χ0v) is 19.9. The minimum absolute atomic E-state index is 0. The van der Waals surface area contributed by atoms with Crippen molar-refractivity contribution in [3.05, 3.63) is 84.1 Å². The Morgan fingerprint density at radius 3 is 2.48 bits per heavy atom. The zero-order valence-electron chi connectivity index (χ0n) is 16.7. The molecule has 0 heterocycles. The van der Waals surface area contributed by atoms with E-state index in [2.05, 4.69) is 69.3 Å². The summed E-state index contributed by atoms with van der Waals surface area (Å²) in [5, 5.41) is 0. The molecular weight excluding hydrogens is 327 g/mol. The van der Waals surface area contributed by atoms with E-state index in [9.17, 15) is 0 Å². The third kappa shape index (κ3) is 6.25. The second kappa shape index (κ2) is 10.9. The van der Waals surface area contributed by atoms with Gasteiger partial charge in [0.25, 0.3) is 0 Å². The number of hydrogen-bond donors (Lipinski definition) is 0. The molecule has 1 aliphatic carbocycles. The third-order valence-electron chi connectivity index (χ3n) is 5.61. The maximum atomic E-state index is 3.43. The molecule has 25 heavy (non-hydrogen) atoms. The van der Waals surface area contributed by atoms with E-state index < -0.39 is 0 Å². The van der Waals surface area contributed by atoms with Crippen molar-refractivity contribution in [1.82, 2.24) is 0 Å². The van der Waals surface area contributed by atoms with Gasteiger partial charge in [0.15, 0.2) is 0 Å². The molecule has 0 aliphatic heterocycles. The second-order valence-electron chi connectivity index (χ2n) is 7.32. The summed E-state index contributed by atoms with van der Waals surface area (Å²) in [5.74, 6) is 2.94. The van der Waals surface area contributed by atoms with Crippen molar-refractivity contribution in [2.24, 2.45) is 11.8 Å². The van der Waals surface area contributed by atoms with Crippen LogP contribution in [0.25, 0.3) is 0 Å². The van der Waals surface area contributed by atoms with Crippen molar-refractivity contribution in [2.45, 2.75) is 52.9 Å². The number of rotatable bonds is 0. The first-order valence-electron chi connectivity index (χ1n) is 9.07. The largest absolute Gasteiger partial charge is 1.00 e. The summed E-state index contributed by atoms with van der Waals surface area (Å²) < 4.78 is 0. The van der Waals surface area contributed by atoms with Crippen molar-refractivity contribution >= 4 is 0 Å². The molecule has 0 saturated heterocycles. The smallest absolute Gasteiger partial charge is 0.358 e. The maximum Gasteiger partial charge on any atom is 1.00 e. The van der Waals surface area contributed by atoms with E-state index in [0.717, 1.165) is 11.8 Å². The number of fused-ring (bicyclic) bond motifs is 4. The van der Waals surface area contributed by atoms with E-state index in [1.807, 2.05) is 0 Å². The molecule has 0 spiro atoms. The fraction of sp³-hybridized carbons (Fsp3) is 0.417. The molecule has 3 rings (SSSR count). The summed E-state index contributed by atoms with van der Waals surface area (Å²) >= 11 is 0. The summed E-state index contributed by atoms with van der Waals surface area (Å²) in [6, 6.07) is 19.2. The van der Waals surface area contributed by atoms with Gasteiger partial charge in [0.2, 0.25) is 0 Å². The Labute approximate surface area is 198 Å². The van der Waals surface area contributed by atoms with Gasteiger partial charge in [-0.2, -0.15) is 24.1 Å². The standard InChI is InChI=1S/C23H28.CH3.K/c1-17-7-4-8-20-9-5-11-22(15-20)19(3)23-12-6-10-21(16-23)14-13-18(17)2;;/h5-6,9-11,15-18H,4,7-8,13-14H2,1-3H3;1H3;/q-2;-1;+1.